The van der Waals surface area contributed by atoms with Gasteiger partial charge >= 0.3 is 11.9 Å². The Bertz CT molecular complexity index is 1460. The molecule has 4 aromatic carbocycles. The summed E-state index contributed by atoms with van der Waals surface area (Å²) >= 11 is 5.97. The lowest BCUT2D eigenvalue weighted by atomic mass is 9.88. The van der Waals surface area contributed by atoms with E-state index in [-0.39, 0.29) is 18.4 Å². The zero-order valence-electron chi connectivity index (χ0n) is 23.9. The number of ether oxygens (including phenoxy) is 3. The highest BCUT2D eigenvalue weighted by Crippen LogP contribution is 2.36. The van der Waals surface area contributed by atoms with Crippen LogP contribution >= 0.6 is 11.6 Å². The van der Waals surface area contributed by atoms with Gasteiger partial charge in [-0.1, -0.05) is 84.4 Å². The highest BCUT2D eigenvalue weighted by atomic mass is 35.5. The molecule has 6 nitrogen and oxygen atoms in total. The summed E-state index contributed by atoms with van der Waals surface area (Å²) in [6, 6.07) is 35.2. The molecule has 220 valence electrons. The van der Waals surface area contributed by atoms with Crippen molar-refractivity contribution in [3.05, 3.63) is 149 Å². The zero-order valence-corrected chi connectivity index (χ0v) is 24.7. The van der Waals surface area contributed by atoms with Gasteiger partial charge in [-0.15, -0.1) is 0 Å². The Kier molecular flexibility index (Phi) is 9.92. The average molecular weight is 596 g/mol. The van der Waals surface area contributed by atoms with Crippen molar-refractivity contribution >= 4 is 23.5 Å². The topological polar surface area (TPSA) is 73.9 Å². The van der Waals surface area contributed by atoms with Gasteiger partial charge in [0.2, 0.25) is 0 Å². The monoisotopic (exact) mass is 595 g/mol. The lowest BCUT2D eigenvalue weighted by molar-refractivity contribution is -0.230. The molecule has 1 heterocycles. The van der Waals surface area contributed by atoms with E-state index in [0.29, 0.717) is 29.5 Å². The zero-order chi connectivity index (χ0) is 30.1. The Morgan fingerprint density at radius 2 is 1.33 bits per heavy atom. The van der Waals surface area contributed by atoms with Crippen LogP contribution in [0.1, 0.15) is 47.9 Å². The Morgan fingerprint density at radius 3 is 1.88 bits per heavy atom. The maximum atomic E-state index is 12.6. The van der Waals surface area contributed by atoms with E-state index in [1.54, 1.807) is 24.3 Å². The highest BCUT2D eigenvalue weighted by molar-refractivity contribution is 6.30. The third kappa shape index (κ3) is 8.13. The van der Waals surface area contributed by atoms with Gasteiger partial charge in [0.1, 0.15) is 12.4 Å². The van der Waals surface area contributed by atoms with Crippen LogP contribution in [0.3, 0.4) is 0 Å². The average Bonchev–Trinajstić information content (AvgIpc) is 3.17. The molecule has 43 heavy (non-hydrogen) atoms. The minimum absolute atomic E-state index is 0.160. The van der Waals surface area contributed by atoms with Crippen LogP contribution in [0.15, 0.2) is 121 Å². The Hall–Kier alpha value is -4.39. The molecule has 0 saturated heterocycles. The standard InChI is InChI=1S/C36H34ClNO5/c1-26(38-23-22-33(28-8-4-2-5-9-28)29-10-6-3-7-11-29)24-36(42-34(39)20-21-35(40)43-36)30-14-18-32(19-15-30)41-25-27-12-16-31(37)17-13-27/h2-21,26,33,38H,22-25H2,1H3. The maximum absolute atomic E-state index is 12.6. The number of nitrogens with one attached hydrogen (secondary N) is 1. The van der Waals surface area contributed by atoms with Crippen LogP contribution in [-0.4, -0.2) is 24.5 Å². The van der Waals surface area contributed by atoms with Crippen LogP contribution in [0.2, 0.25) is 5.02 Å². The van der Waals surface area contributed by atoms with Crippen molar-refractivity contribution in [3.63, 3.8) is 0 Å². The van der Waals surface area contributed by atoms with Crippen LogP contribution in [-0.2, 0) is 31.5 Å². The van der Waals surface area contributed by atoms with Gasteiger partial charge in [-0.25, -0.2) is 9.59 Å². The lowest BCUT2D eigenvalue weighted by Crippen LogP contribution is -2.42. The van der Waals surface area contributed by atoms with Crippen molar-refractivity contribution in [1.29, 1.82) is 0 Å². The van der Waals surface area contributed by atoms with Crippen LogP contribution in [0.25, 0.3) is 0 Å². The van der Waals surface area contributed by atoms with E-state index in [1.807, 2.05) is 43.3 Å². The summed E-state index contributed by atoms with van der Waals surface area (Å²) in [5, 5.41) is 4.22. The largest absolute Gasteiger partial charge is 0.489 e. The van der Waals surface area contributed by atoms with Crippen molar-refractivity contribution in [1.82, 2.24) is 5.32 Å². The minimum atomic E-state index is -1.60. The molecule has 7 heteroatoms. The maximum Gasteiger partial charge on any atom is 0.334 e. The Labute approximate surface area is 257 Å². The first kappa shape index (κ1) is 30.1. The number of carbonyl (C=O) groups excluding carboxylic acids is 2. The molecule has 4 aromatic rings. The first-order chi connectivity index (χ1) is 20.9. The van der Waals surface area contributed by atoms with Crippen molar-refractivity contribution < 1.29 is 23.8 Å². The van der Waals surface area contributed by atoms with Gasteiger partial charge in [0.15, 0.2) is 0 Å². The molecule has 0 saturated carbocycles. The first-order valence-corrected chi connectivity index (χ1v) is 14.7. The molecule has 1 aliphatic rings. The number of rotatable bonds is 12. The normalized spacial score (nSPS) is 15.0. The SMILES string of the molecule is CC(CC1(c2ccc(OCc3ccc(Cl)cc3)cc2)OC(=O)C=CC(=O)O1)NCCC(c1ccccc1)c1ccccc1. The lowest BCUT2D eigenvalue weighted by Gasteiger charge is -2.34. The van der Waals surface area contributed by atoms with Gasteiger partial charge in [0.05, 0.1) is 0 Å². The molecule has 1 atom stereocenters. The number of halogens is 1. The van der Waals surface area contributed by atoms with E-state index in [0.717, 1.165) is 24.1 Å². The highest BCUT2D eigenvalue weighted by Gasteiger charge is 2.43. The molecule has 0 fully saturated rings. The molecule has 1 N–H and O–H groups in total. The van der Waals surface area contributed by atoms with Crippen LogP contribution < -0.4 is 10.1 Å². The smallest absolute Gasteiger partial charge is 0.334 e. The second-order valence-corrected chi connectivity index (χ2v) is 11.0. The third-order valence-electron chi connectivity index (χ3n) is 7.40. The summed E-state index contributed by atoms with van der Waals surface area (Å²) in [5.74, 6) is -2.05. The molecule has 1 aliphatic heterocycles. The number of carbonyl (C=O) groups is 2. The third-order valence-corrected chi connectivity index (χ3v) is 7.66. The summed E-state index contributed by atoms with van der Waals surface area (Å²) in [6.45, 7) is 3.05. The Morgan fingerprint density at radius 1 is 0.767 bits per heavy atom. The molecular formula is C36H34ClNO5. The van der Waals surface area contributed by atoms with E-state index >= 15 is 0 Å². The van der Waals surface area contributed by atoms with Crippen molar-refractivity contribution in [2.45, 2.75) is 44.1 Å². The summed E-state index contributed by atoms with van der Waals surface area (Å²) in [7, 11) is 0. The molecule has 0 amide bonds. The van der Waals surface area contributed by atoms with E-state index in [1.165, 1.54) is 11.1 Å². The minimum Gasteiger partial charge on any atom is -0.489 e. The fourth-order valence-corrected chi connectivity index (χ4v) is 5.39. The fraction of sp³-hybridized carbons (Fsp3) is 0.222. The summed E-state index contributed by atoms with van der Waals surface area (Å²) in [5.41, 5.74) is 4.01. The molecule has 0 aliphatic carbocycles. The quantitative estimate of drug-likeness (QED) is 0.173. The van der Waals surface area contributed by atoms with Crippen LogP contribution in [0.5, 0.6) is 5.75 Å². The fourth-order valence-electron chi connectivity index (χ4n) is 5.27. The number of esters is 2. The second kappa shape index (κ2) is 14.2. The van der Waals surface area contributed by atoms with E-state index in [4.69, 9.17) is 25.8 Å². The van der Waals surface area contributed by atoms with Crippen LogP contribution in [0.4, 0.5) is 0 Å². The van der Waals surface area contributed by atoms with Crippen molar-refractivity contribution in [3.8, 4) is 5.75 Å². The molecule has 5 rings (SSSR count). The van der Waals surface area contributed by atoms with E-state index in [9.17, 15) is 9.59 Å². The first-order valence-electron chi connectivity index (χ1n) is 14.4. The summed E-state index contributed by atoms with van der Waals surface area (Å²) in [6.07, 6.45) is 3.26. The second-order valence-electron chi connectivity index (χ2n) is 10.6. The molecule has 1 unspecified atom stereocenters. The predicted octanol–water partition coefficient (Wildman–Crippen LogP) is 7.32. The van der Waals surface area contributed by atoms with Gasteiger partial charge in [-0.05, 0) is 73.0 Å². The predicted molar refractivity (Wildman–Crippen MR) is 167 cm³/mol. The molecule has 0 radical (unpaired) electrons. The van der Waals surface area contributed by atoms with Crippen molar-refractivity contribution in [2.75, 3.05) is 6.54 Å². The van der Waals surface area contributed by atoms with Crippen molar-refractivity contribution in [2.24, 2.45) is 0 Å². The van der Waals surface area contributed by atoms with Crippen LogP contribution in [0, 0.1) is 0 Å². The Balaban J connectivity index is 1.28. The molecule has 0 spiro atoms. The van der Waals surface area contributed by atoms with E-state index in [2.05, 4.69) is 53.8 Å². The molecular weight excluding hydrogens is 562 g/mol. The number of hydrogen-bond donors (Lipinski definition) is 1. The number of cyclic esters (lactones) is 2. The summed E-state index contributed by atoms with van der Waals surface area (Å²) < 4.78 is 17.5. The molecule has 0 bridgehead atoms. The van der Waals surface area contributed by atoms with Gasteiger partial charge in [0.25, 0.3) is 5.79 Å². The summed E-state index contributed by atoms with van der Waals surface area (Å²) in [4.78, 5) is 25.1. The number of benzene rings is 4. The van der Waals surface area contributed by atoms with Gasteiger partial charge < -0.3 is 19.5 Å². The van der Waals surface area contributed by atoms with E-state index < -0.39 is 17.7 Å². The van der Waals surface area contributed by atoms with Gasteiger partial charge in [-0.2, -0.15) is 0 Å². The number of hydrogen-bond acceptors (Lipinski definition) is 6. The molecule has 0 aromatic heterocycles. The van der Waals surface area contributed by atoms with Gasteiger partial charge in [0, 0.05) is 41.1 Å². The van der Waals surface area contributed by atoms with Gasteiger partial charge in [-0.3, -0.25) is 0 Å².